The van der Waals surface area contributed by atoms with E-state index in [0.717, 1.165) is 38.9 Å². The third kappa shape index (κ3) is 2.91. The van der Waals surface area contributed by atoms with Gasteiger partial charge in [0.25, 0.3) is 5.56 Å². The van der Waals surface area contributed by atoms with Gasteiger partial charge in [-0.25, -0.2) is 0 Å². The Kier molecular flexibility index (Phi) is 4.18. The van der Waals surface area contributed by atoms with Crippen LogP contribution in [0.4, 0.5) is 0 Å². The second-order valence-electron chi connectivity index (χ2n) is 7.63. The molecule has 3 heterocycles. The lowest BCUT2D eigenvalue weighted by Crippen LogP contribution is -2.17. The second kappa shape index (κ2) is 7.32. The molecule has 152 valence electrons. The van der Waals surface area contributed by atoms with Crippen molar-refractivity contribution < 1.29 is 0 Å². The van der Waals surface area contributed by atoms with Crippen LogP contribution in [0.2, 0.25) is 0 Å². The van der Waals surface area contributed by atoms with Crippen LogP contribution in [0.25, 0.3) is 50.1 Å². The minimum Gasteiger partial charge on any atom is -0.345 e. The van der Waals surface area contributed by atoms with Gasteiger partial charge < -0.3 is 4.98 Å². The molecular formula is C27H18N4O. The van der Waals surface area contributed by atoms with Gasteiger partial charge in [-0.15, -0.1) is 0 Å². The normalized spacial score (nSPS) is 11.2. The maximum atomic E-state index is 13.6. The number of hydrogen-bond donors (Lipinski definition) is 1. The van der Waals surface area contributed by atoms with E-state index in [9.17, 15) is 4.79 Å². The summed E-state index contributed by atoms with van der Waals surface area (Å²) in [5.41, 5.74) is 6.42. The van der Waals surface area contributed by atoms with Gasteiger partial charge in [-0.05, 0) is 29.3 Å². The summed E-state index contributed by atoms with van der Waals surface area (Å²) in [6, 6.07) is 29.7. The van der Waals surface area contributed by atoms with Crippen molar-refractivity contribution in [3.63, 3.8) is 0 Å². The maximum absolute atomic E-state index is 13.6. The second-order valence-corrected chi connectivity index (χ2v) is 7.63. The number of hydrogen-bond acceptors (Lipinski definition) is 3. The lowest BCUT2D eigenvalue weighted by atomic mass is 10.0. The van der Waals surface area contributed by atoms with Crippen molar-refractivity contribution in [3.05, 3.63) is 114 Å². The average molecular weight is 414 g/mol. The lowest BCUT2D eigenvalue weighted by molar-refractivity contribution is 0.906. The van der Waals surface area contributed by atoms with E-state index in [1.807, 2.05) is 91.0 Å². The quantitative estimate of drug-likeness (QED) is 0.412. The van der Waals surface area contributed by atoms with Gasteiger partial charge in [0.1, 0.15) is 11.3 Å². The third-order valence-electron chi connectivity index (χ3n) is 5.69. The highest BCUT2D eigenvalue weighted by Crippen LogP contribution is 2.34. The average Bonchev–Trinajstić information content (AvgIpc) is 3.26. The predicted molar refractivity (Wildman–Crippen MR) is 127 cm³/mol. The molecule has 0 radical (unpaired) electrons. The van der Waals surface area contributed by atoms with E-state index in [1.54, 1.807) is 12.4 Å². The molecule has 1 N–H and O–H groups in total. The SMILES string of the molecule is O=c1c(-c2ccc3ncccc3c2)c[nH]c2c(-c3ccccc3)c(-c3ccccc3)nn12. The molecule has 0 fully saturated rings. The Morgan fingerprint density at radius 2 is 1.50 bits per heavy atom. The molecule has 3 aromatic heterocycles. The fraction of sp³-hybridized carbons (Fsp3) is 0. The summed E-state index contributed by atoms with van der Waals surface area (Å²) in [5.74, 6) is 0. The molecule has 6 aromatic rings. The zero-order chi connectivity index (χ0) is 21.5. The first kappa shape index (κ1) is 18.3. The van der Waals surface area contributed by atoms with Crippen molar-refractivity contribution in [2.45, 2.75) is 0 Å². The van der Waals surface area contributed by atoms with Gasteiger partial charge in [0.05, 0.1) is 16.6 Å². The van der Waals surface area contributed by atoms with Crippen molar-refractivity contribution in [1.29, 1.82) is 0 Å². The zero-order valence-electron chi connectivity index (χ0n) is 17.1. The van der Waals surface area contributed by atoms with E-state index in [0.29, 0.717) is 11.2 Å². The number of nitrogens with one attached hydrogen (secondary N) is 1. The molecule has 0 saturated carbocycles. The first-order valence-electron chi connectivity index (χ1n) is 10.4. The largest absolute Gasteiger partial charge is 0.345 e. The Labute approximate surface area is 183 Å². The number of aromatic amines is 1. The number of H-pyrrole nitrogens is 1. The van der Waals surface area contributed by atoms with Crippen LogP contribution in [0.3, 0.4) is 0 Å². The van der Waals surface area contributed by atoms with E-state index < -0.39 is 0 Å². The molecule has 0 saturated heterocycles. The monoisotopic (exact) mass is 414 g/mol. The van der Waals surface area contributed by atoms with Crippen molar-refractivity contribution in [2.75, 3.05) is 0 Å². The molecule has 0 amide bonds. The first-order valence-corrected chi connectivity index (χ1v) is 10.4. The first-order chi connectivity index (χ1) is 15.8. The van der Waals surface area contributed by atoms with Crippen LogP contribution in [0.1, 0.15) is 0 Å². The van der Waals surface area contributed by atoms with E-state index in [4.69, 9.17) is 5.10 Å². The van der Waals surface area contributed by atoms with Crippen LogP contribution >= 0.6 is 0 Å². The molecular weight excluding hydrogens is 396 g/mol. The smallest absolute Gasteiger partial charge is 0.282 e. The summed E-state index contributed by atoms with van der Waals surface area (Å²) in [5, 5.41) is 5.75. The van der Waals surface area contributed by atoms with E-state index >= 15 is 0 Å². The van der Waals surface area contributed by atoms with E-state index in [2.05, 4.69) is 9.97 Å². The highest BCUT2D eigenvalue weighted by molar-refractivity contribution is 5.91. The highest BCUT2D eigenvalue weighted by Gasteiger charge is 2.19. The molecule has 32 heavy (non-hydrogen) atoms. The third-order valence-corrected chi connectivity index (χ3v) is 5.69. The Hall–Kier alpha value is -4.51. The summed E-state index contributed by atoms with van der Waals surface area (Å²) >= 11 is 0. The topological polar surface area (TPSA) is 63.0 Å². The summed E-state index contributed by atoms with van der Waals surface area (Å²) in [6.45, 7) is 0. The van der Waals surface area contributed by atoms with Crippen molar-refractivity contribution in [2.24, 2.45) is 0 Å². The maximum Gasteiger partial charge on any atom is 0.282 e. The summed E-state index contributed by atoms with van der Waals surface area (Å²) < 4.78 is 1.48. The molecule has 5 nitrogen and oxygen atoms in total. The van der Waals surface area contributed by atoms with E-state index in [-0.39, 0.29) is 5.56 Å². The molecule has 0 aliphatic heterocycles. The summed E-state index contributed by atoms with van der Waals surface area (Å²) in [7, 11) is 0. The summed E-state index contributed by atoms with van der Waals surface area (Å²) in [4.78, 5) is 21.3. The van der Waals surface area contributed by atoms with Crippen LogP contribution in [0.15, 0.2) is 108 Å². The molecule has 6 rings (SSSR count). The molecule has 0 bridgehead atoms. The van der Waals surface area contributed by atoms with Crippen LogP contribution in [-0.2, 0) is 0 Å². The number of benzene rings is 3. The van der Waals surface area contributed by atoms with Crippen LogP contribution in [0, 0.1) is 0 Å². The fourth-order valence-corrected chi connectivity index (χ4v) is 4.14. The molecule has 0 aliphatic rings. The predicted octanol–water partition coefficient (Wildman–Crippen LogP) is 5.57. The zero-order valence-corrected chi connectivity index (χ0v) is 17.1. The molecule has 0 spiro atoms. The van der Waals surface area contributed by atoms with Gasteiger partial charge >= 0.3 is 0 Å². The molecule has 5 heteroatoms. The van der Waals surface area contributed by atoms with Crippen LogP contribution < -0.4 is 5.56 Å². The van der Waals surface area contributed by atoms with Crippen molar-refractivity contribution in [1.82, 2.24) is 19.6 Å². The fourth-order valence-electron chi connectivity index (χ4n) is 4.14. The molecule has 0 aliphatic carbocycles. The van der Waals surface area contributed by atoms with Gasteiger partial charge in [0.15, 0.2) is 0 Å². The minimum absolute atomic E-state index is 0.165. The molecule has 0 atom stereocenters. The Balaban J connectivity index is 1.62. The minimum atomic E-state index is -0.165. The number of nitrogens with zero attached hydrogens (tertiary/aromatic N) is 3. The van der Waals surface area contributed by atoms with Crippen molar-refractivity contribution >= 4 is 16.6 Å². The Bertz CT molecular complexity index is 1630. The van der Waals surface area contributed by atoms with Crippen molar-refractivity contribution in [3.8, 4) is 33.5 Å². The molecule has 3 aromatic carbocycles. The van der Waals surface area contributed by atoms with Gasteiger partial charge in [-0.1, -0.05) is 72.8 Å². The number of fused-ring (bicyclic) bond motifs is 2. The van der Waals surface area contributed by atoms with Crippen LogP contribution in [0.5, 0.6) is 0 Å². The number of rotatable bonds is 3. The standard InChI is InChI=1S/C27H18N4O/c32-27-22(20-13-14-23-21(16-20)12-7-15-28-23)17-29-26-24(18-8-3-1-4-9-18)25(30-31(26)27)19-10-5-2-6-11-19/h1-17,29H. The van der Waals surface area contributed by atoms with E-state index in [1.165, 1.54) is 4.52 Å². The van der Waals surface area contributed by atoms with Gasteiger partial charge in [-0.3, -0.25) is 9.78 Å². The Morgan fingerprint density at radius 3 is 2.28 bits per heavy atom. The Morgan fingerprint density at radius 1 is 0.750 bits per heavy atom. The summed E-state index contributed by atoms with van der Waals surface area (Å²) in [6.07, 6.45) is 3.54. The van der Waals surface area contributed by atoms with Crippen LogP contribution in [-0.4, -0.2) is 19.6 Å². The van der Waals surface area contributed by atoms with Gasteiger partial charge in [0.2, 0.25) is 0 Å². The number of aromatic nitrogens is 4. The van der Waals surface area contributed by atoms with Gasteiger partial charge in [0, 0.05) is 23.3 Å². The lowest BCUT2D eigenvalue weighted by Gasteiger charge is -2.05. The highest BCUT2D eigenvalue weighted by atomic mass is 16.1. The number of pyridine rings is 1. The molecule has 0 unspecified atom stereocenters. The van der Waals surface area contributed by atoms with Gasteiger partial charge in [-0.2, -0.15) is 9.61 Å².